The van der Waals surface area contributed by atoms with Crippen molar-refractivity contribution in [3.63, 3.8) is 0 Å². The fourth-order valence-electron chi connectivity index (χ4n) is 2.15. The van der Waals surface area contributed by atoms with Crippen molar-refractivity contribution in [1.82, 2.24) is 0 Å². The first-order valence-corrected chi connectivity index (χ1v) is 6.94. The molecule has 0 radical (unpaired) electrons. The summed E-state index contributed by atoms with van der Waals surface area (Å²) >= 11 is 3.07. The zero-order valence-corrected chi connectivity index (χ0v) is 12.0. The van der Waals surface area contributed by atoms with Gasteiger partial charge in [0.15, 0.2) is 0 Å². The van der Waals surface area contributed by atoms with Gasteiger partial charge in [-0.15, -0.1) is 0 Å². The summed E-state index contributed by atoms with van der Waals surface area (Å²) in [5.74, 6) is 0. The van der Waals surface area contributed by atoms with Gasteiger partial charge in [0.1, 0.15) is 0 Å². The van der Waals surface area contributed by atoms with Gasteiger partial charge in [-0.25, -0.2) is 0 Å². The molecule has 0 saturated heterocycles. The van der Waals surface area contributed by atoms with E-state index in [9.17, 15) is 13.2 Å². The van der Waals surface area contributed by atoms with E-state index < -0.39 is 11.7 Å². The largest absolute Gasteiger partial charge is 0.418 e. The second-order valence-electron chi connectivity index (χ2n) is 4.58. The number of alkyl halides is 3. The standard InChI is InChI=1S/C13H15BrF3NO/c1-2-19-10-6-9(7-10)18-12-4-3-8(14)5-11(12)13(15,16)17/h3-5,9-10,18H,2,6-7H2,1H3. The highest BCUT2D eigenvalue weighted by Crippen LogP contribution is 2.38. The predicted octanol–water partition coefficient (Wildman–Crippen LogP) is 4.45. The number of nitrogens with one attached hydrogen (secondary N) is 1. The number of hydrogen-bond acceptors (Lipinski definition) is 2. The van der Waals surface area contributed by atoms with Gasteiger partial charge in [-0.2, -0.15) is 13.2 Å². The number of halogens is 4. The summed E-state index contributed by atoms with van der Waals surface area (Å²) in [6, 6.07) is 4.22. The van der Waals surface area contributed by atoms with Crippen molar-refractivity contribution in [3.8, 4) is 0 Å². The van der Waals surface area contributed by atoms with Crippen molar-refractivity contribution < 1.29 is 17.9 Å². The molecule has 0 spiro atoms. The number of ether oxygens (including phenoxy) is 1. The van der Waals surface area contributed by atoms with E-state index in [-0.39, 0.29) is 17.8 Å². The van der Waals surface area contributed by atoms with Crippen LogP contribution in [0.25, 0.3) is 0 Å². The molecule has 0 aromatic heterocycles. The average molecular weight is 338 g/mol. The first-order valence-electron chi connectivity index (χ1n) is 6.15. The van der Waals surface area contributed by atoms with Crippen LogP contribution in [0.15, 0.2) is 22.7 Å². The topological polar surface area (TPSA) is 21.3 Å². The Balaban J connectivity index is 2.05. The summed E-state index contributed by atoms with van der Waals surface area (Å²) in [7, 11) is 0. The lowest BCUT2D eigenvalue weighted by Gasteiger charge is -2.36. The smallest absolute Gasteiger partial charge is 0.382 e. The molecule has 2 rings (SSSR count). The molecule has 1 aliphatic rings. The summed E-state index contributed by atoms with van der Waals surface area (Å²) < 4.78 is 44.6. The van der Waals surface area contributed by atoms with Gasteiger partial charge in [0, 0.05) is 22.8 Å². The second-order valence-corrected chi connectivity index (χ2v) is 5.49. The molecule has 1 saturated carbocycles. The van der Waals surface area contributed by atoms with Gasteiger partial charge in [0.05, 0.1) is 11.7 Å². The number of rotatable bonds is 4. The Labute approximate surface area is 118 Å². The lowest BCUT2D eigenvalue weighted by molar-refractivity contribution is -0.137. The van der Waals surface area contributed by atoms with Gasteiger partial charge in [0.25, 0.3) is 0 Å². The highest BCUT2D eigenvalue weighted by Gasteiger charge is 2.36. The fraction of sp³-hybridized carbons (Fsp3) is 0.538. The van der Waals surface area contributed by atoms with Gasteiger partial charge in [-0.3, -0.25) is 0 Å². The van der Waals surface area contributed by atoms with Crippen molar-refractivity contribution >= 4 is 21.6 Å². The van der Waals surface area contributed by atoms with Crippen molar-refractivity contribution in [2.45, 2.75) is 38.1 Å². The fourth-order valence-corrected chi connectivity index (χ4v) is 2.51. The second kappa shape index (κ2) is 5.71. The van der Waals surface area contributed by atoms with Crippen LogP contribution < -0.4 is 5.32 Å². The van der Waals surface area contributed by atoms with Crippen LogP contribution in [0.2, 0.25) is 0 Å². The van der Waals surface area contributed by atoms with Crippen LogP contribution in [0.3, 0.4) is 0 Å². The number of benzene rings is 1. The molecule has 0 unspecified atom stereocenters. The van der Waals surface area contributed by atoms with Crippen LogP contribution in [-0.2, 0) is 10.9 Å². The van der Waals surface area contributed by atoms with Crippen LogP contribution in [0.4, 0.5) is 18.9 Å². The Morgan fingerprint density at radius 3 is 2.63 bits per heavy atom. The molecule has 1 fully saturated rings. The number of anilines is 1. The summed E-state index contributed by atoms with van der Waals surface area (Å²) in [6.45, 7) is 2.56. The third kappa shape index (κ3) is 3.63. The van der Waals surface area contributed by atoms with E-state index in [1.54, 1.807) is 6.07 Å². The quantitative estimate of drug-likeness (QED) is 0.876. The molecule has 1 aliphatic carbocycles. The van der Waals surface area contributed by atoms with Gasteiger partial charge in [0.2, 0.25) is 0 Å². The van der Waals surface area contributed by atoms with Crippen LogP contribution in [0.1, 0.15) is 25.3 Å². The minimum absolute atomic E-state index is 0.0545. The third-order valence-corrected chi connectivity index (χ3v) is 3.64. The van der Waals surface area contributed by atoms with Crippen molar-refractivity contribution in [1.29, 1.82) is 0 Å². The minimum Gasteiger partial charge on any atom is -0.382 e. The molecule has 0 amide bonds. The Morgan fingerprint density at radius 2 is 2.05 bits per heavy atom. The Bertz CT molecular complexity index is 444. The lowest BCUT2D eigenvalue weighted by atomic mass is 9.89. The van der Waals surface area contributed by atoms with Crippen molar-refractivity contribution in [2.75, 3.05) is 11.9 Å². The molecular formula is C13H15BrF3NO. The third-order valence-electron chi connectivity index (χ3n) is 3.14. The van der Waals surface area contributed by atoms with Gasteiger partial charge in [-0.05, 0) is 38.0 Å². The molecule has 1 N–H and O–H groups in total. The normalized spacial score (nSPS) is 23.0. The van der Waals surface area contributed by atoms with Crippen LogP contribution in [0.5, 0.6) is 0 Å². The number of hydrogen-bond donors (Lipinski definition) is 1. The molecule has 0 atom stereocenters. The molecule has 6 heteroatoms. The summed E-state index contributed by atoms with van der Waals surface area (Å²) in [5.41, 5.74) is -0.502. The first-order chi connectivity index (χ1) is 8.90. The zero-order chi connectivity index (χ0) is 14.0. The van der Waals surface area contributed by atoms with E-state index >= 15 is 0 Å². The van der Waals surface area contributed by atoms with Crippen LogP contribution >= 0.6 is 15.9 Å². The maximum absolute atomic E-state index is 12.9. The molecule has 0 aliphatic heterocycles. The molecular weight excluding hydrogens is 323 g/mol. The Kier molecular flexibility index (Phi) is 4.40. The van der Waals surface area contributed by atoms with Crippen molar-refractivity contribution in [3.05, 3.63) is 28.2 Å². The van der Waals surface area contributed by atoms with Crippen LogP contribution in [0, 0.1) is 0 Å². The summed E-state index contributed by atoms with van der Waals surface area (Å²) in [5, 5.41) is 2.95. The predicted molar refractivity (Wildman–Crippen MR) is 71.2 cm³/mol. The van der Waals surface area contributed by atoms with Gasteiger partial charge in [-0.1, -0.05) is 15.9 Å². The minimum atomic E-state index is -4.35. The SMILES string of the molecule is CCOC1CC(Nc2ccc(Br)cc2C(F)(F)F)C1. The summed E-state index contributed by atoms with van der Waals surface area (Å²) in [4.78, 5) is 0. The van der Waals surface area contributed by atoms with E-state index in [4.69, 9.17) is 4.74 Å². The molecule has 1 aromatic carbocycles. The van der Waals surface area contributed by atoms with E-state index in [0.29, 0.717) is 11.1 Å². The van der Waals surface area contributed by atoms with Gasteiger partial charge >= 0.3 is 6.18 Å². The van der Waals surface area contributed by atoms with E-state index in [1.165, 1.54) is 6.07 Å². The first kappa shape index (κ1) is 14.7. The molecule has 0 heterocycles. The molecule has 106 valence electrons. The maximum atomic E-state index is 12.9. The zero-order valence-electron chi connectivity index (χ0n) is 10.4. The maximum Gasteiger partial charge on any atom is 0.418 e. The molecule has 0 bridgehead atoms. The van der Waals surface area contributed by atoms with E-state index in [1.807, 2.05) is 6.92 Å². The van der Waals surface area contributed by atoms with Gasteiger partial charge < -0.3 is 10.1 Å². The Hall–Kier alpha value is -0.750. The highest BCUT2D eigenvalue weighted by atomic mass is 79.9. The lowest BCUT2D eigenvalue weighted by Crippen LogP contribution is -2.41. The van der Waals surface area contributed by atoms with E-state index in [0.717, 1.165) is 18.9 Å². The van der Waals surface area contributed by atoms with E-state index in [2.05, 4.69) is 21.2 Å². The highest BCUT2D eigenvalue weighted by molar-refractivity contribution is 9.10. The van der Waals surface area contributed by atoms with Crippen LogP contribution in [-0.4, -0.2) is 18.8 Å². The molecule has 19 heavy (non-hydrogen) atoms. The van der Waals surface area contributed by atoms with Crippen molar-refractivity contribution in [2.24, 2.45) is 0 Å². The molecule has 1 aromatic rings. The summed E-state index contributed by atoms with van der Waals surface area (Å²) in [6.07, 6.45) is -2.68. The Morgan fingerprint density at radius 1 is 1.37 bits per heavy atom. The molecule has 2 nitrogen and oxygen atoms in total. The monoisotopic (exact) mass is 337 g/mol. The average Bonchev–Trinajstić information content (AvgIpc) is 2.27.